The van der Waals surface area contributed by atoms with E-state index in [1.165, 1.54) is 0 Å². The molecule has 0 spiro atoms. The first-order valence-electron chi connectivity index (χ1n) is 5.48. The normalized spacial score (nSPS) is 20.6. The first-order chi connectivity index (χ1) is 7.83. The molecule has 1 fully saturated rings. The zero-order chi connectivity index (χ0) is 11.0. The lowest BCUT2D eigenvalue weighted by Crippen LogP contribution is -2.23. The maximum atomic E-state index is 9.48. The van der Waals surface area contributed by atoms with Crippen LogP contribution in [0.25, 0.3) is 10.9 Å². The van der Waals surface area contributed by atoms with Crippen LogP contribution in [0.1, 0.15) is 6.42 Å². The summed E-state index contributed by atoms with van der Waals surface area (Å²) in [6.45, 7) is 1.47. The minimum absolute atomic E-state index is 0.241. The Kier molecular flexibility index (Phi) is 2.22. The van der Waals surface area contributed by atoms with Crippen molar-refractivity contribution in [2.45, 2.75) is 12.5 Å². The fourth-order valence-electron chi connectivity index (χ4n) is 2.04. The van der Waals surface area contributed by atoms with E-state index in [-0.39, 0.29) is 6.10 Å². The molecule has 4 nitrogen and oxygen atoms in total. The van der Waals surface area contributed by atoms with Gasteiger partial charge in [-0.25, -0.2) is 9.97 Å². The molecule has 4 heteroatoms. The van der Waals surface area contributed by atoms with Gasteiger partial charge in [0.1, 0.15) is 0 Å². The van der Waals surface area contributed by atoms with Crippen molar-refractivity contribution >= 4 is 16.9 Å². The smallest absolute Gasteiger partial charge is 0.225 e. The average Bonchev–Trinajstić information content (AvgIpc) is 2.75. The monoisotopic (exact) mass is 215 g/mol. The number of rotatable bonds is 1. The molecule has 1 aliphatic rings. The topological polar surface area (TPSA) is 49.2 Å². The molecule has 0 radical (unpaired) electrons. The maximum absolute atomic E-state index is 9.48. The molecule has 3 rings (SSSR count). The van der Waals surface area contributed by atoms with Gasteiger partial charge in [0.15, 0.2) is 0 Å². The van der Waals surface area contributed by atoms with E-state index in [0.717, 1.165) is 29.8 Å². The highest BCUT2D eigenvalue weighted by molar-refractivity contribution is 5.78. The van der Waals surface area contributed by atoms with Gasteiger partial charge in [-0.2, -0.15) is 0 Å². The van der Waals surface area contributed by atoms with Crippen LogP contribution in [0, 0.1) is 0 Å². The summed E-state index contributed by atoms with van der Waals surface area (Å²) >= 11 is 0. The molecule has 1 saturated heterocycles. The van der Waals surface area contributed by atoms with E-state index in [4.69, 9.17) is 0 Å². The Hall–Kier alpha value is -1.68. The third-order valence-corrected chi connectivity index (χ3v) is 2.92. The van der Waals surface area contributed by atoms with Crippen LogP contribution in [0.5, 0.6) is 0 Å². The number of hydrogen-bond acceptors (Lipinski definition) is 4. The number of aromatic nitrogens is 2. The van der Waals surface area contributed by atoms with E-state index < -0.39 is 0 Å². The number of anilines is 1. The molecule has 0 saturated carbocycles. The molecular weight excluding hydrogens is 202 g/mol. The molecule has 2 heterocycles. The summed E-state index contributed by atoms with van der Waals surface area (Å²) in [6.07, 6.45) is 2.40. The van der Waals surface area contributed by atoms with E-state index in [9.17, 15) is 5.11 Å². The SMILES string of the molecule is O[C@H]1CCN(c2ncc3ccccc3n2)C1. The van der Waals surface area contributed by atoms with Gasteiger partial charge in [0.25, 0.3) is 0 Å². The van der Waals surface area contributed by atoms with Gasteiger partial charge in [-0.05, 0) is 12.5 Å². The molecule has 0 amide bonds. The quantitative estimate of drug-likeness (QED) is 0.776. The van der Waals surface area contributed by atoms with Crippen LogP contribution in [-0.4, -0.2) is 34.3 Å². The van der Waals surface area contributed by atoms with Crippen molar-refractivity contribution in [3.8, 4) is 0 Å². The van der Waals surface area contributed by atoms with Gasteiger partial charge < -0.3 is 10.0 Å². The number of fused-ring (bicyclic) bond motifs is 1. The number of aliphatic hydroxyl groups is 1. The van der Waals surface area contributed by atoms with Crippen LogP contribution < -0.4 is 4.90 Å². The summed E-state index contributed by atoms with van der Waals surface area (Å²) < 4.78 is 0. The summed E-state index contributed by atoms with van der Waals surface area (Å²) in [6, 6.07) is 7.92. The van der Waals surface area contributed by atoms with Crippen molar-refractivity contribution in [2.75, 3.05) is 18.0 Å². The Balaban J connectivity index is 1.99. The van der Waals surface area contributed by atoms with Crippen LogP contribution in [0.4, 0.5) is 5.95 Å². The average molecular weight is 215 g/mol. The molecule has 0 unspecified atom stereocenters. The van der Waals surface area contributed by atoms with E-state index in [0.29, 0.717) is 6.54 Å². The molecule has 16 heavy (non-hydrogen) atoms. The van der Waals surface area contributed by atoms with E-state index in [1.54, 1.807) is 0 Å². The summed E-state index contributed by atoms with van der Waals surface area (Å²) in [7, 11) is 0. The number of benzene rings is 1. The lowest BCUT2D eigenvalue weighted by atomic mass is 10.2. The number of para-hydroxylation sites is 1. The highest BCUT2D eigenvalue weighted by Gasteiger charge is 2.22. The minimum Gasteiger partial charge on any atom is -0.391 e. The third-order valence-electron chi connectivity index (χ3n) is 2.92. The Morgan fingerprint density at radius 2 is 2.19 bits per heavy atom. The summed E-state index contributed by atoms with van der Waals surface area (Å²) in [5.41, 5.74) is 0.953. The third kappa shape index (κ3) is 1.61. The Bertz CT molecular complexity index is 514. The predicted octanol–water partition coefficient (Wildman–Crippen LogP) is 1.20. The Morgan fingerprint density at radius 1 is 1.31 bits per heavy atom. The summed E-state index contributed by atoms with van der Waals surface area (Å²) in [5.74, 6) is 0.718. The van der Waals surface area contributed by atoms with Crippen molar-refractivity contribution in [3.63, 3.8) is 0 Å². The van der Waals surface area contributed by atoms with Crippen LogP contribution in [0.3, 0.4) is 0 Å². The molecule has 1 atom stereocenters. The molecule has 1 aromatic carbocycles. The number of aliphatic hydroxyl groups excluding tert-OH is 1. The zero-order valence-corrected chi connectivity index (χ0v) is 8.87. The molecule has 0 bridgehead atoms. The lowest BCUT2D eigenvalue weighted by Gasteiger charge is -2.15. The fourth-order valence-corrected chi connectivity index (χ4v) is 2.04. The first kappa shape index (κ1) is 9.54. The van der Waals surface area contributed by atoms with E-state index in [1.807, 2.05) is 35.4 Å². The van der Waals surface area contributed by atoms with Crippen LogP contribution in [0.2, 0.25) is 0 Å². The first-order valence-corrected chi connectivity index (χ1v) is 5.48. The Labute approximate surface area is 93.6 Å². The fraction of sp³-hybridized carbons (Fsp3) is 0.333. The zero-order valence-electron chi connectivity index (χ0n) is 8.87. The molecule has 1 N–H and O–H groups in total. The van der Waals surface area contributed by atoms with Gasteiger partial charge in [-0.3, -0.25) is 0 Å². The second kappa shape index (κ2) is 3.72. The van der Waals surface area contributed by atoms with E-state index >= 15 is 0 Å². The van der Waals surface area contributed by atoms with Crippen LogP contribution in [-0.2, 0) is 0 Å². The van der Waals surface area contributed by atoms with Crippen molar-refractivity contribution in [1.82, 2.24) is 9.97 Å². The van der Waals surface area contributed by atoms with Gasteiger partial charge in [-0.1, -0.05) is 18.2 Å². The summed E-state index contributed by atoms with van der Waals surface area (Å²) in [4.78, 5) is 10.8. The van der Waals surface area contributed by atoms with Crippen LogP contribution >= 0.6 is 0 Å². The maximum Gasteiger partial charge on any atom is 0.225 e. The second-order valence-electron chi connectivity index (χ2n) is 4.12. The van der Waals surface area contributed by atoms with Crippen molar-refractivity contribution in [3.05, 3.63) is 30.5 Å². The molecule has 0 aliphatic carbocycles. The molecule has 82 valence electrons. The predicted molar refractivity (Wildman–Crippen MR) is 62.4 cm³/mol. The highest BCUT2D eigenvalue weighted by atomic mass is 16.3. The standard InChI is InChI=1S/C12H13N3O/c16-10-5-6-15(8-10)12-13-7-9-3-1-2-4-11(9)14-12/h1-4,7,10,16H,5-6,8H2/t10-/m0/s1. The van der Waals surface area contributed by atoms with Crippen molar-refractivity contribution in [1.29, 1.82) is 0 Å². The highest BCUT2D eigenvalue weighted by Crippen LogP contribution is 2.18. The van der Waals surface area contributed by atoms with Crippen molar-refractivity contribution < 1.29 is 5.11 Å². The summed E-state index contributed by atoms with van der Waals surface area (Å²) in [5, 5.41) is 10.5. The van der Waals surface area contributed by atoms with Gasteiger partial charge in [-0.15, -0.1) is 0 Å². The molecule has 1 aliphatic heterocycles. The minimum atomic E-state index is -0.241. The Morgan fingerprint density at radius 3 is 3.00 bits per heavy atom. The number of nitrogens with zero attached hydrogens (tertiary/aromatic N) is 3. The van der Waals surface area contributed by atoms with Gasteiger partial charge in [0, 0.05) is 24.7 Å². The van der Waals surface area contributed by atoms with Gasteiger partial charge in [0.2, 0.25) is 5.95 Å². The van der Waals surface area contributed by atoms with Gasteiger partial charge >= 0.3 is 0 Å². The van der Waals surface area contributed by atoms with Crippen molar-refractivity contribution in [2.24, 2.45) is 0 Å². The second-order valence-corrected chi connectivity index (χ2v) is 4.12. The molecular formula is C12H13N3O. The molecule has 2 aromatic rings. The molecule has 1 aromatic heterocycles. The van der Waals surface area contributed by atoms with Crippen LogP contribution in [0.15, 0.2) is 30.5 Å². The van der Waals surface area contributed by atoms with E-state index in [2.05, 4.69) is 9.97 Å². The number of β-amino-alcohol motifs (C(OH)–C–C–N with tert-alkyl or cyclic N) is 1. The number of hydrogen-bond donors (Lipinski definition) is 1. The van der Waals surface area contributed by atoms with Gasteiger partial charge in [0.05, 0.1) is 11.6 Å². The largest absolute Gasteiger partial charge is 0.391 e. The lowest BCUT2D eigenvalue weighted by molar-refractivity contribution is 0.198.